The molecule has 1 fully saturated rings. The molecule has 1 aromatic carbocycles. The van der Waals surface area contributed by atoms with E-state index in [-0.39, 0.29) is 6.10 Å². The topological polar surface area (TPSA) is 9.23 Å². The minimum Gasteiger partial charge on any atom is -0.377 e. The summed E-state index contributed by atoms with van der Waals surface area (Å²) in [5.74, 6) is 1.15. The molecular weight excluding hydrogens is 273 g/mol. The van der Waals surface area contributed by atoms with Crippen LogP contribution in [0.3, 0.4) is 0 Å². The first-order valence-corrected chi connectivity index (χ1v) is 7.57. The quantitative estimate of drug-likeness (QED) is 0.807. The normalized spacial score (nSPS) is 20.5. The Morgan fingerprint density at radius 1 is 1.21 bits per heavy atom. The molecule has 1 aromatic rings. The van der Waals surface area contributed by atoms with Gasteiger partial charge in [-0.15, -0.1) is 0 Å². The summed E-state index contributed by atoms with van der Waals surface area (Å²) in [5.41, 5.74) is -0.164. The third kappa shape index (κ3) is 4.42. The van der Waals surface area contributed by atoms with Crippen molar-refractivity contribution in [2.45, 2.75) is 37.3 Å². The smallest absolute Gasteiger partial charge is 0.377 e. The van der Waals surface area contributed by atoms with Gasteiger partial charge in [-0.25, -0.2) is 0 Å². The Morgan fingerprint density at radius 3 is 2.68 bits per heavy atom. The van der Waals surface area contributed by atoms with Gasteiger partial charge < -0.3 is 4.74 Å². The molecule has 1 unspecified atom stereocenters. The van der Waals surface area contributed by atoms with Gasteiger partial charge in [-0.2, -0.15) is 24.9 Å². The lowest BCUT2D eigenvalue weighted by Crippen LogP contribution is -2.21. The summed E-state index contributed by atoms with van der Waals surface area (Å²) in [6.45, 7) is 0.782. The largest absolute Gasteiger partial charge is 0.416 e. The predicted octanol–water partition coefficient (Wildman–Crippen LogP) is 4.51. The van der Waals surface area contributed by atoms with Crippen molar-refractivity contribution < 1.29 is 17.9 Å². The number of rotatable bonds is 4. The maximum absolute atomic E-state index is 12.8. The van der Waals surface area contributed by atoms with E-state index in [0.29, 0.717) is 11.3 Å². The first kappa shape index (κ1) is 14.7. The molecule has 1 aliphatic heterocycles. The van der Waals surface area contributed by atoms with E-state index < -0.39 is 11.7 Å². The molecule has 0 saturated carbocycles. The van der Waals surface area contributed by atoms with Gasteiger partial charge in [0.15, 0.2) is 0 Å². The fraction of sp³-hybridized carbons (Fsp3) is 0.571. The van der Waals surface area contributed by atoms with Crippen LogP contribution in [0.1, 0.15) is 30.4 Å². The average Bonchev–Trinajstić information content (AvgIpc) is 2.39. The number of hydrogen-bond acceptors (Lipinski definition) is 2. The Labute approximate surface area is 115 Å². The molecule has 1 aliphatic rings. The minimum absolute atomic E-state index is 0.205. The molecule has 19 heavy (non-hydrogen) atoms. The van der Waals surface area contributed by atoms with Crippen molar-refractivity contribution in [3.8, 4) is 0 Å². The molecule has 5 heteroatoms. The second-order valence-corrected chi connectivity index (χ2v) is 5.69. The van der Waals surface area contributed by atoms with Crippen LogP contribution in [0.5, 0.6) is 0 Å². The summed E-state index contributed by atoms with van der Waals surface area (Å²) in [6.07, 6.45) is -0.786. The highest BCUT2D eigenvalue weighted by molar-refractivity contribution is 7.98. The zero-order valence-corrected chi connectivity index (χ0v) is 11.4. The van der Waals surface area contributed by atoms with E-state index in [2.05, 4.69) is 0 Å². The highest BCUT2D eigenvalue weighted by Crippen LogP contribution is 2.33. The fourth-order valence-corrected chi connectivity index (χ4v) is 3.28. The molecular formula is C14H17F3OS. The van der Waals surface area contributed by atoms with Gasteiger partial charge in [0.2, 0.25) is 0 Å². The minimum atomic E-state index is -4.27. The number of thioether (sulfide) groups is 1. The van der Waals surface area contributed by atoms with E-state index in [0.717, 1.165) is 37.7 Å². The molecule has 106 valence electrons. The first-order chi connectivity index (χ1) is 9.07. The molecule has 1 saturated heterocycles. The van der Waals surface area contributed by atoms with Gasteiger partial charge in [-0.05, 0) is 30.9 Å². The third-order valence-corrected chi connectivity index (χ3v) is 4.28. The maximum atomic E-state index is 12.8. The van der Waals surface area contributed by atoms with Gasteiger partial charge in [0, 0.05) is 18.1 Å². The van der Waals surface area contributed by atoms with E-state index in [9.17, 15) is 13.2 Å². The van der Waals surface area contributed by atoms with Gasteiger partial charge in [-0.1, -0.05) is 18.2 Å². The van der Waals surface area contributed by atoms with Crippen molar-refractivity contribution in [2.75, 3.05) is 12.4 Å². The number of ether oxygens (including phenoxy) is 1. The van der Waals surface area contributed by atoms with Crippen molar-refractivity contribution in [1.82, 2.24) is 0 Å². The standard InChI is InChI=1S/C14H17F3OS/c15-14(16,17)13-7-2-1-5-11(13)9-19-10-12-6-3-4-8-18-12/h1-2,5,7,12H,3-4,6,8-10H2. The zero-order chi connectivity index (χ0) is 13.7. The summed E-state index contributed by atoms with van der Waals surface area (Å²) < 4.78 is 44.0. The summed E-state index contributed by atoms with van der Waals surface area (Å²) in [5, 5.41) is 0. The second kappa shape index (κ2) is 6.66. The SMILES string of the molecule is FC(F)(F)c1ccccc1CSCC1CCCCO1. The second-order valence-electron chi connectivity index (χ2n) is 4.66. The van der Waals surface area contributed by atoms with E-state index in [1.807, 2.05) is 0 Å². The van der Waals surface area contributed by atoms with Crippen LogP contribution in [-0.4, -0.2) is 18.5 Å². The molecule has 0 amide bonds. The van der Waals surface area contributed by atoms with Crippen molar-refractivity contribution in [1.29, 1.82) is 0 Å². The summed E-state index contributed by atoms with van der Waals surface area (Å²) in [6, 6.07) is 5.79. The molecule has 0 aliphatic carbocycles. The highest BCUT2D eigenvalue weighted by Gasteiger charge is 2.32. The molecule has 2 rings (SSSR count). The van der Waals surface area contributed by atoms with E-state index in [4.69, 9.17) is 4.74 Å². The summed E-state index contributed by atoms with van der Waals surface area (Å²) in [4.78, 5) is 0. The van der Waals surface area contributed by atoms with Crippen molar-refractivity contribution in [2.24, 2.45) is 0 Å². The van der Waals surface area contributed by atoms with E-state index >= 15 is 0 Å². The van der Waals surface area contributed by atoms with Crippen LogP contribution in [0.25, 0.3) is 0 Å². The monoisotopic (exact) mass is 290 g/mol. The zero-order valence-electron chi connectivity index (χ0n) is 10.6. The molecule has 0 aromatic heterocycles. The molecule has 1 heterocycles. The van der Waals surface area contributed by atoms with Gasteiger partial charge in [0.05, 0.1) is 11.7 Å². The van der Waals surface area contributed by atoms with Crippen LogP contribution >= 0.6 is 11.8 Å². The van der Waals surface area contributed by atoms with Crippen molar-refractivity contribution in [3.63, 3.8) is 0 Å². The maximum Gasteiger partial charge on any atom is 0.416 e. The lowest BCUT2D eigenvalue weighted by atomic mass is 10.1. The van der Waals surface area contributed by atoms with Crippen LogP contribution in [0.4, 0.5) is 13.2 Å². The first-order valence-electron chi connectivity index (χ1n) is 6.42. The molecule has 0 bridgehead atoms. The van der Waals surface area contributed by atoms with Crippen LogP contribution in [0, 0.1) is 0 Å². The van der Waals surface area contributed by atoms with Gasteiger partial charge in [0.25, 0.3) is 0 Å². The number of benzene rings is 1. The van der Waals surface area contributed by atoms with Crippen LogP contribution < -0.4 is 0 Å². The Bertz CT molecular complexity index is 400. The Balaban J connectivity index is 1.88. The summed E-state index contributed by atoms with van der Waals surface area (Å²) in [7, 11) is 0. The molecule has 0 radical (unpaired) electrons. The van der Waals surface area contributed by atoms with E-state index in [1.54, 1.807) is 12.1 Å². The lowest BCUT2D eigenvalue weighted by molar-refractivity contribution is -0.138. The van der Waals surface area contributed by atoms with Crippen LogP contribution in [-0.2, 0) is 16.7 Å². The van der Waals surface area contributed by atoms with Gasteiger partial charge in [0.1, 0.15) is 0 Å². The van der Waals surface area contributed by atoms with Crippen LogP contribution in [0.2, 0.25) is 0 Å². The Hall–Kier alpha value is -0.680. The van der Waals surface area contributed by atoms with Gasteiger partial charge in [-0.3, -0.25) is 0 Å². The number of halogens is 3. The highest BCUT2D eigenvalue weighted by atomic mass is 32.2. The predicted molar refractivity (Wildman–Crippen MR) is 71.2 cm³/mol. The molecule has 0 N–H and O–H groups in total. The fourth-order valence-electron chi connectivity index (χ4n) is 2.16. The average molecular weight is 290 g/mol. The summed E-state index contributed by atoms with van der Waals surface area (Å²) >= 11 is 1.52. The molecule has 1 nitrogen and oxygen atoms in total. The third-order valence-electron chi connectivity index (χ3n) is 3.16. The number of hydrogen-bond donors (Lipinski definition) is 0. The Kier molecular flexibility index (Phi) is 5.16. The van der Waals surface area contributed by atoms with E-state index in [1.165, 1.54) is 17.8 Å². The van der Waals surface area contributed by atoms with Crippen LogP contribution in [0.15, 0.2) is 24.3 Å². The number of alkyl halides is 3. The van der Waals surface area contributed by atoms with Crippen molar-refractivity contribution in [3.05, 3.63) is 35.4 Å². The lowest BCUT2D eigenvalue weighted by Gasteiger charge is -2.22. The molecule has 1 atom stereocenters. The van der Waals surface area contributed by atoms with Gasteiger partial charge >= 0.3 is 6.18 Å². The molecule has 0 spiro atoms. The Morgan fingerprint density at radius 2 is 2.00 bits per heavy atom. The van der Waals surface area contributed by atoms with Crippen molar-refractivity contribution >= 4 is 11.8 Å².